The molecule has 3 nitrogen and oxygen atoms in total. The Bertz CT molecular complexity index is 300. The van der Waals surface area contributed by atoms with Gasteiger partial charge >= 0.3 is 0 Å². The van der Waals surface area contributed by atoms with E-state index in [1.54, 1.807) is 12.5 Å². The number of nitrogens with one attached hydrogen (secondary N) is 1. The van der Waals surface area contributed by atoms with Crippen molar-refractivity contribution >= 4 is 5.91 Å². The van der Waals surface area contributed by atoms with Crippen LogP contribution >= 0.6 is 0 Å². The summed E-state index contributed by atoms with van der Waals surface area (Å²) in [4.78, 5) is 11.1. The van der Waals surface area contributed by atoms with Crippen LogP contribution in [0.5, 0.6) is 0 Å². The zero-order valence-electron chi connectivity index (χ0n) is 7.13. The zero-order chi connectivity index (χ0) is 8.77. The Morgan fingerprint density at radius 3 is 2.75 bits per heavy atom. The third-order valence-electron chi connectivity index (χ3n) is 2.46. The predicted octanol–water partition coefficient (Wildman–Crippen LogP) is 1.48. The van der Waals surface area contributed by atoms with E-state index in [1.165, 1.54) is 0 Å². The van der Waals surface area contributed by atoms with Crippen LogP contribution < -0.4 is 5.32 Å². The van der Waals surface area contributed by atoms with Gasteiger partial charge in [0.2, 0.25) is 5.91 Å². The van der Waals surface area contributed by atoms with Crippen LogP contribution in [0.2, 0.25) is 0 Å². The molecule has 1 aliphatic heterocycles. The van der Waals surface area contributed by atoms with E-state index in [0.29, 0.717) is 0 Å². The van der Waals surface area contributed by atoms with Gasteiger partial charge in [-0.25, -0.2) is 0 Å². The van der Waals surface area contributed by atoms with Gasteiger partial charge in [-0.2, -0.15) is 0 Å². The van der Waals surface area contributed by atoms with Gasteiger partial charge in [0.25, 0.3) is 0 Å². The van der Waals surface area contributed by atoms with E-state index in [1.807, 2.05) is 19.9 Å². The van der Waals surface area contributed by atoms with E-state index in [-0.39, 0.29) is 17.4 Å². The lowest BCUT2D eigenvalue weighted by molar-refractivity contribution is -0.143. The van der Waals surface area contributed by atoms with Gasteiger partial charge in [-0.3, -0.25) is 4.79 Å². The first-order chi connectivity index (χ1) is 5.62. The van der Waals surface area contributed by atoms with E-state index in [0.717, 1.165) is 5.56 Å². The van der Waals surface area contributed by atoms with Crippen LogP contribution in [0, 0.1) is 5.41 Å². The molecule has 1 atom stereocenters. The molecular weight excluding hydrogens is 154 g/mol. The summed E-state index contributed by atoms with van der Waals surface area (Å²) in [6.45, 7) is 3.87. The van der Waals surface area contributed by atoms with Crippen LogP contribution in [0.15, 0.2) is 23.0 Å². The van der Waals surface area contributed by atoms with Crippen molar-refractivity contribution < 1.29 is 9.21 Å². The summed E-state index contributed by atoms with van der Waals surface area (Å²) in [5.41, 5.74) is 0.753. The van der Waals surface area contributed by atoms with Crippen LogP contribution in [0.3, 0.4) is 0 Å². The molecule has 3 heteroatoms. The van der Waals surface area contributed by atoms with Crippen LogP contribution in [-0.4, -0.2) is 5.91 Å². The normalized spacial score (nSPS) is 26.2. The van der Waals surface area contributed by atoms with Crippen molar-refractivity contribution in [3.63, 3.8) is 0 Å². The molecule has 1 aliphatic rings. The van der Waals surface area contributed by atoms with E-state index in [2.05, 4.69) is 5.32 Å². The molecule has 1 unspecified atom stereocenters. The molecule has 2 rings (SSSR count). The SMILES string of the molecule is CC1(C)C(=O)NC1c1ccoc1. The molecule has 0 saturated carbocycles. The number of carbonyl (C=O) groups excluding carboxylic acids is 1. The summed E-state index contributed by atoms with van der Waals surface area (Å²) in [5.74, 6) is 0.105. The molecule has 0 bridgehead atoms. The first kappa shape index (κ1) is 7.40. The van der Waals surface area contributed by atoms with Crippen molar-refractivity contribution in [2.24, 2.45) is 5.41 Å². The van der Waals surface area contributed by atoms with Crippen molar-refractivity contribution in [2.75, 3.05) is 0 Å². The van der Waals surface area contributed by atoms with Gasteiger partial charge < -0.3 is 9.73 Å². The van der Waals surface area contributed by atoms with Gasteiger partial charge in [0.15, 0.2) is 0 Å². The summed E-state index contributed by atoms with van der Waals surface area (Å²) < 4.78 is 4.95. The second-order valence-electron chi connectivity index (χ2n) is 3.68. The van der Waals surface area contributed by atoms with Crippen molar-refractivity contribution in [2.45, 2.75) is 19.9 Å². The first-order valence-corrected chi connectivity index (χ1v) is 3.95. The number of rotatable bonds is 1. The third kappa shape index (κ3) is 0.793. The monoisotopic (exact) mass is 165 g/mol. The van der Waals surface area contributed by atoms with E-state index in [9.17, 15) is 4.79 Å². The average Bonchev–Trinajstić information content (AvgIpc) is 2.51. The van der Waals surface area contributed by atoms with Gasteiger partial charge in [-0.1, -0.05) is 0 Å². The standard InChI is InChI=1S/C9H11NO2/c1-9(2)7(10-8(9)11)6-3-4-12-5-6/h3-5,7H,1-2H3,(H,10,11). The second-order valence-corrected chi connectivity index (χ2v) is 3.68. The molecule has 1 aromatic heterocycles. The maximum absolute atomic E-state index is 11.1. The molecule has 1 aromatic rings. The van der Waals surface area contributed by atoms with Gasteiger partial charge in [0.1, 0.15) is 0 Å². The molecule has 1 N–H and O–H groups in total. The Morgan fingerprint density at radius 2 is 2.33 bits per heavy atom. The molecule has 1 fully saturated rings. The minimum absolute atomic E-state index is 0.105. The highest BCUT2D eigenvalue weighted by Crippen LogP contribution is 2.41. The number of furan rings is 1. The number of hydrogen-bond donors (Lipinski definition) is 1. The van der Waals surface area contributed by atoms with Crippen LogP contribution in [0.4, 0.5) is 0 Å². The lowest BCUT2D eigenvalue weighted by Crippen LogP contribution is -2.57. The smallest absolute Gasteiger partial charge is 0.228 e. The number of hydrogen-bond acceptors (Lipinski definition) is 2. The van der Waals surface area contributed by atoms with Crippen molar-refractivity contribution in [1.82, 2.24) is 5.32 Å². The zero-order valence-corrected chi connectivity index (χ0v) is 7.13. The molecule has 1 amide bonds. The Morgan fingerprint density at radius 1 is 1.58 bits per heavy atom. The van der Waals surface area contributed by atoms with Gasteiger partial charge in [-0.05, 0) is 19.9 Å². The fourth-order valence-corrected chi connectivity index (χ4v) is 1.49. The maximum atomic E-state index is 11.1. The number of amides is 1. The van der Waals surface area contributed by atoms with Gasteiger partial charge in [-0.15, -0.1) is 0 Å². The molecule has 0 spiro atoms. The topological polar surface area (TPSA) is 42.2 Å². The minimum Gasteiger partial charge on any atom is -0.472 e. The average molecular weight is 165 g/mol. The molecule has 64 valence electrons. The highest BCUT2D eigenvalue weighted by atomic mass is 16.3. The molecule has 1 saturated heterocycles. The molecule has 0 radical (unpaired) electrons. The molecule has 0 aliphatic carbocycles. The largest absolute Gasteiger partial charge is 0.472 e. The summed E-state index contributed by atoms with van der Waals surface area (Å²) >= 11 is 0. The van der Waals surface area contributed by atoms with Crippen molar-refractivity contribution in [1.29, 1.82) is 0 Å². The quantitative estimate of drug-likeness (QED) is 0.640. The van der Waals surface area contributed by atoms with Crippen LogP contribution in [0.25, 0.3) is 0 Å². The Kier molecular flexibility index (Phi) is 1.31. The van der Waals surface area contributed by atoms with E-state index < -0.39 is 0 Å². The predicted molar refractivity (Wildman–Crippen MR) is 43.4 cm³/mol. The van der Waals surface area contributed by atoms with Gasteiger partial charge in [0, 0.05) is 5.56 Å². The molecule has 12 heavy (non-hydrogen) atoms. The van der Waals surface area contributed by atoms with Gasteiger partial charge in [0.05, 0.1) is 24.0 Å². The summed E-state index contributed by atoms with van der Waals surface area (Å²) in [6.07, 6.45) is 3.29. The van der Waals surface area contributed by atoms with E-state index >= 15 is 0 Å². The summed E-state index contributed by atoms with van der Waals surface area (Å²) in [7, 11) is 0. The van der Waals surface area contributed by atoms with Crippen LogP contribution in [-0.2, 0) is 4.79 Å². The third-order valence-corrected chi connectivity index (χ3v) is 2.46. The molecule has 2 heterocycles. The Labute approximate surface area is 70.8 Å². The summed E-state index contributed by atoms with van der Waals surface area (Å²) in [6, 6.07) is 2.00. The van der Waals surface area contributed by atoms with E-state index in [4.69, 9.17) is 4.42 Å². The fourth-order valence-electron chi connectivity index (χ4n) is 1.49. The molecular formula is C9H11NO2. The van der Waals surface area contributed by atoms with Crippen LogP contribution in [0.1, 0.15) is 25.5 Å². The minimum atomic E-state index is -0.288. The lowest BCUT2D eigenvalue weighted by Gasteiger charge is -2.43. The Hall–Kier alpha value is -1.25. The highest BCUT2D eigenvalue weighted by molar-refractivity contribution is 5.89. The fraction of sp³-hybridized carbons (Fsp3) is 0.444. The lowest BCUT2D eigenvalue weighted by atomic mass is 9.74. The number of carbonyl (C=O) groups is 1. The van der Waals surface area contributed by atoms with Crippen molar-refractivity contribution in [3.05, 3.63) is 24.2 Å². The summed E-state index contributed by atoms with van der Waals surface area (Å²) in [5, 5.41) is 2.84. The maximum Gasteiger partial charge on any atom is 0.228 e. The van der Waals surface area contributed by atoms with Crippen molar-refractivity contribution in [3.8, 4) is 0 Å². The highest BCUT2D eigenvalue weighted by Gasteiger charge is 2.48. The second kappa shape index (κ2) is 2.12. The Balaban J connectivity index is 2.25. The first-order valence-electron chi connectivity index (χ1n) is 3.95. The molecule has 0 aromatic carbocycles. The number of β-lactam (4-membered cyclic amide) rings is 1.